The molecule has 1 aromatic heterocycles. The molecule has 0 bridgehead atoms. The van der Waals surface area contributed by atoms with Crippen LogP contribution in [0.3, 0.4) is 0 Å². The molecule has 5 nitrogen and oxygen atoms in total. The van der Waals surface area contributed by atoms with E-state index in [1.165, 1.54) is 36.8 Å². The second-order valence-corrected chi connectivity index (χ2v) is 7.04. The monoisotopic (exact) mass is 339 g/mol. The summed E-state index contributed by atoms with van der Waals surface area (Å²) in [6.07, 6.45) is 10.9. The van der Waals surface area contributed by atoms with E-state index in [1.54, 1.807) is 0 Å². The average molecular weight is 339 g/mol. The van der Waals surface area contributed by atoms with Gasteiger partial charge in [-0.15, -0.1) is 0 Å². The number of aliphatic imine (C=N–C) groups is 1. The van der Waals surface area contributed by atoms with Gasteiger partial charge in [-0.05, 0) is 35.8 Å². The molecule has 0 aliphatic heterocycles. The van der Waals surface area contributed by atoms with Gasteiger partial charge in [0, 0.05) is 39.1 Å². The summed E-state index contributed by atoms with van der Waals surface area (Å²) in [6.45, 7) is 4.95. The summed E-state index contributed by atoms with van der Waals surface area (Å²) in [5.74, 6) is 0.891. The molecule has 0 saturated heterocycles. The molecule has 1 aromatic carbocycles. The highest BCUT2D eigenvalue weighted by atomic mass is 15.2. The fourth-order valence-electron chi connectivity index (χ4n) is 3.36. The molecule has 1 saturated carbocycles. The number of guanidine groups is 1. The smallest absolute Gasteiger partial charge is 0.191 e. The Morgan fingerprint density at radius 3 is 2.52 bits per heavy atom. The SMILES string of the molecule is CCC1(CNC(=NC)NCc2ccc(Cn3ccnc3)cc2)CCC1. The lowest BCUT2D eigenvalue weighted by molar-refractivity contribution is 0.131. The van der Waals surface area contributed by atoms with Crippen molar-refractivity contribution in [2.45, 2.75) is 45.7 Å². The molecule has 5 heteroatoms. The van der Waals surface area contributed by atoms with Gasteiger partial charge in [0.05, 0.1) is 6.33 Å². The van der Waals surface area contributed by atoms with Gasteiger partial charge in [-0.2, -0.15) is 0 Å². The van der Waals surface area contributed by atoms with Crippen molar-refractivity contribution < 1.29 is 0 Å². The zero-order chi connectivity index (χ0) is 17.5. The first kappa shape index (κ1) is 17.5. The molecule has 0 atom stereocenters. The third kappa shape index (κ3) is 4.62. The maximum Gasteiger partial charge on any atom is 0.191 e. The third-order valence-electron chi connectivity index (χ3n) is 5.43. The van der Waals surface area contributed by atoms with Crippen LogP contribution in [0, 0.1) is 5.41 Å². The van der Waals surface area contributed by atoms with E-state index in [9.17, 15) is 0 Å². The van der Waals surface area contributed by atoms with Gasteiger partial charge in [-0.3, -0.25) is 4.99 Å². The number of aromatic nitrogens is 2. The van der Waals surface area contributed by atoms with Crippen molar-refractivity contribution in [3.8, 4) is 0 Å². The van der Waals surface area contributed by atoms with Crippen molar-refractivity contribution in [3.63, 3.8) is 0 Å². The number of imidazole rings is 1. The summed E-state index contributed by atoms with van der Waals surface area (Å²) in [7, 11) is 1.84. The Hall–Kier alpha value is -2.30. The van der Waals surface area contributed by atoms with Crippen molar-refractivity contribution >= 4 is 5.96 Å². The highest BCUT2D eigenvalue weighted by Crippen LogP contribution is 2.42. The molecule has 25 heavy (non-hydrogen) atoms. The molecule has 1 aliphatic carbocycles. The van der Waals surface area contributed by atoms with Crippen LogP contribution < -0.4 is 10.6 Å². The molecule has 0 unspecified atom stereocenters. The van der Waals surface area contributed by atoms with Gasteiger partial charge in [-0.25, -0.2) is 4.98 Å². The predicted molar refractivity (Wildman–Crippen MR) is 103 cm³/mol. The van der Waals surface area contributed by atoms with Crippen LogP contribution in [0.15, 0.2) is 48.0 Å². The van der Waals surface area contributed by atoms with Gasteiger partial charge >= 0.3 is 0 Å². The second-order valence-electron chi connectivity index (χ2n) is 7.04. The fraction of sp³-hybridized carbons (Fsp3) is 0.500. The zero-order valence-corrected chi connectivity index (χ0v) is 15.3. The van der Waals surface area contributed by atoms with Crippen LogP contribution in [0.5, 0.6) is 0 Å². The zero-order valence-electron chi connectivity index (χ0n) is 15.3. The topological polar surface area (TPSA) is 54.2 Å². The van der Waals surface area contributed by atoms with Crippen molar-refractivity contribution in [2.24, 2.45) is 10.4 Å². The lowest BCUT2D eigenvalue weighted by atomic mass is 9.67. The van der Waals surface area contributed by atoms with Crippen LogP contribution in [-0.4, -0.2) is 29.1 Å². The highest BCUT2D eigenvalue weighted by Gasteiger charge is 2.34. The number of hydrogen-bond acceptors (Lipinski definition) is 2. The van der Waals surface area contributed by atoms with Crippen LogP contribution in [-0.2, 0) is 13.1 Å². The minimum absolute atomic E-state index is 0.493. The third-order valence-corrected chi connectivity index (χ3v) is 5.43. The number of nitrogens with zero attached hydrogens (tertiary/aromatic N) is 3. The Labute approximate surface area is 150 Å². The molecule has 0 spiro atoms. The Kier molecular flexibility index (Phi) is 5.74. The summed E-state index contributed by atoms with van der Waals surface area (Å²) >= 11 is 0. The lowest BCUT2D eigenvalue weighted by Crippen LogP contribution is -2.46. The normalized spacial score (nSPS) is 16.3. The maximum absolute atomic E-state index is 4.35. The van der Waals surface area contributed by atoms with Gasteiger partial charge in [0.2, 0.25) is 0 Å². The Morgan fingerprint density at radius 1 is 1.20 bits per heavy atom. The van der Waals surface area contributed by atoms with Gasteiger partial charge in [0.15, 0.2) is 5.96 Å². The van der Waals surface area contributed by atoms with Gasteiger partial charge in [0.1, 0.15) is 0 Å². The van der Waals surface area contributed by atoms with Crippen molar-refractivity contribution in [3.05, 3.63) is 54.1 Å². The first-order chi connectivity index (χ1) is 12.2. The van der Waals surface area contributed by atoms with Gasteiger partial charge in [0.25, 0.3) is 0 Å². The number of nitrogens with one attached hydrogen (secondary N) is 2. The Morgan fingerprint density at radius 2 is 1.96 bits per heavy atom. The van der Waals surface area contributed by atoms with E-state index in [2.05, 4.69) is 56.4 Å². The molecular weight excluding hydrogens is 310 g/mol. The van der Waals surface area contributed by atoms with Crippen molar-refractivity contribution in [1.82, 2.24) is 20.2 Å². The summed E-state index contributed by atoms with van der Waals surface area (Å²) in [5, 5.41) is 6.92. The molecule has 1 heterocycles. The number of benzene rings is 1. The van der Waals surface area contributed by atoms with Crippen LogP contribution in [0.4, 0.5) is 0 Å². The average Bonchev–Trinajstić information content (AvgIpc) is 3.11. The fourth-order valence-corrected chi connectivity index (χ4v) is 3.36. The van der Waals surface area contributed by atoms with E-state index in [0.717, 1.165) is 25.6 Å². The van der Waals surface area contributed by atoms with E-state index < -0.39 is 0 Å². The van der Waals surface area contributed by atoms with E-state index >= 15 is 0 Å². The molecule has 0 radical (unpaired) electrons. The quantitative estimate of drug-likeness (QED) is 0.602. The first-order valence-electron chi connectivity index (χ1n) is 9.21. The maximum atomic E-state index is 4.35. The molecule has 1 fully saturated rings. The molecule has 0 amide bonds. The van der Waals surface area contributed by atoms with Crippen LogP contribution >= 0.6 is 0 Å². The molecule has 1 aliphatic rings. The summed E-state index contributed by atoms with van der Waals surface area (Å²) in [5.41, 5.74) is 3.03. The van der Waals surface area contributed by atoms with Crippen molar-refractivity contribution in [2.75, 3.05) is 13.6 Å². The summed E-state index contributed by atoms with van der Waals surface area (Å²) in [6, 6.07) is 8.69. The van der Waals surface area contributed by atoms with Gasteiger partial charge in [-0.1, -0.05) is 37.6 Å². The van der Waals surface area contributed by atoms with Crippen molar-refractivity contribution in [1.29, 1.82) is 0 Å². The van der Waals surface area contributed by atoms with E-state index in [1.807, 2.05) is 25.8 Å². The molecule has 2 N–H and O–H groups in total. The predicted octanol–water partition coefficient (Wildman–Crippen LogP) is 3.18. The first-order valence-corrected chi connectivity index (χ1v) is 9.21. The standard InChI is InChI=1S/C20H29N5/c1-3-20(9-4-10-20)15-24-19(21-2)23-13-17-5-7-18(8-6-17)14-25-12-11-22-16-25/h5-8,11-12,16H,3-4,9-10,13-15H2,1-2H3,(H2,21,23,24). The van der Waals surface area contributed by atoms with Crippen LogP contribution in [0.25, 0.3) is 0 Å². The Bertz CT molecular complexity index is 663. The van der Waals surface area contributed by atoms with E-state index in [4.69, 9.17) is 0 Å². The number of rotatable bonds is 7. The molecule has 134 valence electrons. The molecular formula is C20H29N5. The minimum Gasteiger partial charge on any atom is -0.356 e. The number of hydrogen-bond donors (Lipinski definition) is 2. The van der Waals surface area contributed by atoms with E-state index in [0.29, 0.717) is 5.41 Å². The molecule has 2 aromatic rings. The highest BCUT2D eigenvalue weighted by molar-refractivity contribution is 5.79. The largest absolute Gasteiger partial charge is 0.356 e. The second kappa shape index (κ2) is 8.19. The van der Waals surface area contributed by atoms with Crippen LogP contribution in [0.2, 0.25) is 0 Å². The summed E-state index contributed by atoms with van der Waals surface area (Å²) in [4.78, 5) is 8.43. The van der Waals surface area contributed by atoms with Crippen LogP contribution in [0.1, 0.15) is 43.7 Å². The lowest BCUT2D eigenvalue weighted by Gasteiger charge is -2.41. The van der Waals surface area contributed by atoms with Gasteiger partial charge < -0.3 is 15.2 Å². The Balaban J connectivity index is 1.46. The summed E-state index contributed by atoms with van der Waals surface area (Å²) < 4.78 is 2.07. The van der Waals surface area contributed by atoms with E-state index in [-0.39, 0.29) is 0 Å². The molecule has 3 rings (SSSR count). The minimum atomic E-state index is 0.493.